The van der Waals surface area contributed by atoms with Gasteiger partial charge in [0.1, 0.15) is 0 Å². The smallest absolute Gasteiger partial charge is 0.0587 e. The second kappa shape index (κ2) is 8.28. The molecule has 1 aromatic rings. The van der Waals surface area contributed by atoms with E-state index in [4.69, 9.17) is 4.74 Å². The highest BCUT2D eigenvalue weighted by Crippen LogP contribution is 2.24. The number of benzene rings is 1. The number of methoxy groups -OCH3 is 1. The van der Waals surface area contributed by atoms with Crippen LogP contribution in [0.25, 0.3) is 0 Å². The lowest BCUT2D eigenvalue weighted by Crippen LogP contribution is -2.32. The number of ether oxygens (including phenoxy) is 1. The number of hydrogen-bond donors (Lipinski definition) is 1. The van der Waals surface area contributed by atoms with E-state index in [-0.39, 0.29) is 0 Å². The summed E-state index contributed by atoms with van der Waals surface area (Å²) in [6, 6.07) is 9.70. The Bertz CT molecular complexity index is 377. The molecule has 1 unspecified atom stereocenters. The molecule has 1 saturated heterocycles. The first-order valence-electron chi connectivity index (χ1n) is 7.86. The molecule has 3 heteroatoms. The van der Waals surface area contributed by atoms with Gasteiger partial charge in [-0.2, -0.15) is 0 Å². The van der Waals surface area contributed by atoms with Crippen LogP contribution in [0.15, 0.2) is 24.3 Å². The van der Waals surface area contributed by atoms with Gasteiger partial charge in [-0.15, -0.1) is 0 Å². The minimum Gasteiger partial charge on any atom is -0.383 e. The summed E-state index contributed by atoms with van der Waals surface area (Å²) in [5.74, 6) is 0. The Labute approximate surface area is 123 Å². The van der Waals surface area contributed by atoms with E-state index in [0.29, 0.717) is 6.04 Å². The maximum absolute atomic E-state index is 5.03. The normalized spacial score (nSPS) is 19.9. The summed E-state index contributed by atoms with van der Waals surface area (Å²) in [7, 11) is 1.73. The standard InChI is InChI=1S/C17H28N2O/c1-15-6-4-3-5-12-19(15)17-9-7-16(8-10-17)14-18-11-13-20-2/h7-10,15,18H,3-6,11-14H2,1-2H3. The zero-order valence-electron chi connectivity index (χ0n) is 12.9. The zero-order chi connectivity index (χ0) is 14.2. The van der Waals surface area contributed by atoms with Gasteiger partial charge in [0.2, 0.25) is 0 Å². The number of anilines is 1. The van der Waals surface area contributed by atoms with E-state index >= 15 is 0 Å². The van der Waals surface area contributed by atoms with E-state index in [1.165, 1.54) is 43.5 Å². The van der Waals surface area contributed by atoms with Gasteiger partial charge >= 0.3 is 0 Å². The Morgan fingerprint density at radius 1 is 1.20 bits per heavy atom. The van der Waals surface area contributed by atoms with Crippen molar-refractivity contribution < 1.29 is 4.74 Å². The molecule has 0 saturated carbocycles. The predicted octanol–water partition coefficient (Wildman–Crippen LogP) is 3.19. The molecule has 0 aliphatic carbocycles. The summed E-state index contributed by atoms with van der Waals surface area (Å²) in [5, 5.41) is 3.38. The Kier molecular flexibility index (Phi) is 6.34. The third kappa shape index (κ3) is 4.50. The predicted molar refractivity (Wildman–Crippen MR) is 85.3 cm³/mol. The first-order chi connectivity index (χ1) is 9.81. The average Bonchev–Trinajstić information content (AvgIpc) is 2.69. The number of nitrogens with zero attached hydrogens (tertiary/aromatic N) is 1. The van der Waals surface area contributed by atoms with Gasteiger partial charge < -0.3 is 15.0 Å². The van der Waals surface area contributed by atoms with Gasteiger partial charge in [0.05, 0.1) is 6.61 Å². The van der Waals surface area contributed by atoms with Gasteiger partial charge in [0, 0.05) is 38.5 Å². The Morgan fingerprint density at radius 2 is 2.00 bits per heavy atom. The molecule has 1 atom stereocenters. The van der Waals surface area contributed by atoms with Crippen LogP contribution >= 0.6 is 0 Å². The Balaban J connectivity index is 1.89. The molecule has 1 aliphatic rings. The van der Waals surface area contributed by atoms with Gasteiger partial charge in [-0.25, -0.2) is 0 Å². The van der Waals surface area contributed by atoms with Crippen molar-refractivity contribution in [3.8, 4) is 0 Å². The minimum absolute atomic E-state index is 0.670. The molecule has 0 amide bonds. The third-order valence-electron chi connectivity index (χ3n) is 4.13. The van der Waals surface area contributed by atoms with Gasteiger partial charge in [-0.1, -0.05) is 25.0 Å². The quantitative estimate of drug-likeness (QED) is 0.808. The maximum atomic E-state index is 5.03. The van der Waals surface area contributed by atoms with Crippen LogP contribution in [0.3, 0.4) is 0 Å². The molecular weight excluding hydrogens is 248 g/mol. The van der Waals surface area contributed by atoms with Crippen LogP contribution in [0.2, 0.25) is 0 Å². The summed E-state index contributed by atoms with van der Waals surface area (Å²) in [5.41, 5.74) is 2.72. The van der Waals surface area contributed by atoms with Crippen molar-refractivity contribution in [3.05, 3.63) is 29.8 Å². The van der Waals surface area contributed by atoms with Crippen LogP contribution in [0.4, 0.5) is 5.69 Å². The molecule has 1 aromatic carbocycles. The van der Waals surface area contributed by atoms with Gasteiger partial charge in [-0.3, -0.25) is 0 Å². The molecule has 112 valence electrons. The van der Waals surface area contributed by atoms with Crippen molar-refractivity contribution in [2.45, 2.75) is 45.2 Å². The molecule has 0 bridgehead atoms. The van der Waals surface area contributed by atoms with E-state index in [0.717, 1.165) is 19.7 Å². The largest absolute Gasteiger partial charge is 0.383 e. The highest BCUT2D eigenvalue weighted by Gasteiger charge is 2.16. The summed E-state index contributed by atoms with van der Waals surface area (Å²) < 4.78 is 5.03. The van der Waals surface area contributed by atoms with Gasteiger partial charge in [-0.05, 0) is 37.5 Å². The molecule has 2 rings (SSSR count). The lowest BCUT2D eigenvalue weighted by Gasteiger charge is -2.29. The summed E-state index contributed by atoms with van der Waals surface area (Å²) in [4.78, 5) is 2.56. The number of hydrogen-bond acceptors (Lipinski definition) is 3. The molecule has 20 heavy (non-hydrogen) atoms. The SMILES string of the molecule is COCCNCc1ccc(N2CCCCCC2C)cc1. The molecular formula is C17H28N2O. The van der Waals surface area contributed by atoms with Crippen LogP contribution in [0, 0.1) is 0 Å². The average molecular weight is 276 g/mol. The Hall–Kier alpha value is -1.06. The molecule has 1 aliphatic heterocycles. The lowest BCUT2D eigenvalue weighted by atomic mass is 10.1. The molecule has 1 heterocycles. The highest BCUT2D eigenvalue weighted by molar-refractivity contribution is 5.48. The topological polar surface area (TPSA) is 24.5 Å². The van der Waals surface area contributed by atoms with Crippen LogP contribution in [0.1, 0.15) is 38.2 Å². The van der Waals surface area contributed by atoms with Gasteiger partial charge in [0.15, 0.2) is 0 Å². The van der Waals surface area contributed by atoms with Gasteiger partial charge in [0.25, 0.3) is 0 Å². The number of rotatable bonds is 6. The highest BCUT2D eigenvalue weighted by atomic mass is 16.5. The fraction of sp³-hybridized carbons (Fsp3) is 0.647. The van der Waals surface area contributed by atoms with Crippen LogP contribution in [-0.2, 0) is 11.3 Å². The maximum Gasteiger partial charge on any atom is 0.0587 e. The van der Waals surface area contributed by atoms with Crippen molar-refractivity contribution in [2.75, 3.05) is 31.7 Å². The summed E-state index contributed by atoms with van der Waals surface area (Å²) >= 11 is 0. The summed E-state index contributed by atoms with van der Waals surface area (Å²) in [6.07, 6.45) is 5.40. The van der Waals surface area contributed by atoms with Crippen molar-refractivity contribution in [1.29, 1.82) is 0 Å². The van der Waals surface area contributed by atoms with Crippen LogP contribution < -0.4 is 10.2 Å². The molecule has 0 spiro atoms. The molecule has 3 nitrogen and oxygen atoms in total. The van der Waals surface area contributed by atoms with Crippen molar-refractivity contribution >= 4 is 5.69 Å². The van der Waals surface area contributed by atoms with E-state index in [1.807, 2.05) is 0 Å². The van der Waals surface area contributed by atoms with Crippen LogP contribution in [-0.4, -0.2) is 32.8 Å². The number of nitrogens with one attached hydrogen (secondary N) is 1. The van der Waals surface area contributed by atoms with E-state index in [2.05, 4.69) is 41.4 Å². The first-order valence-corrected chi connectivity index (χ1v) is 7.86. The second-order valence-electron chi connectivity index (χ2n) is 5.73. The lowest BCUT2D eigenvalue weighted by molar-refractivity contribution is 0.199. The monoisotopic (exact) mass is 276 g/mol. The summed E-state index contributed by atoms with van der Waals surface area (Å²) in [6.45, 7) is 6.14. The second-order valence-corrected chi connectivity index (χ2v) is 5.73. The fourth-order valence-electron chi connectivity index (χ4n) is 2.87. The third-order valence-corrected chi connectivity index (χ3v) is 4.13. The fourth-order valence-corrected chi connectivity index (χ4v) is 2.87. The van der Waals surface area contributed by atoms with E-state index in [1.54, 1.807) is 7.11 Å². The molecule has 0 aromatic heterocycles. The van der Waals surface area contributed by atoms with Crippen LogP contribution in [0.5, 0.6) is 0 Å². The van der Waals surface area contributed by atoms with E-state index in [9.17, 15) is 0 Å². The zero-order valence-corrected chi connectivity index (χ0v) is 12.9. The Morgan fingerprint density at radius 3 is 2.75 bits per heavy atom. The first kappa shape index (κ1) is 15.3. The van der Waals surface area contributed by atoms with Crippen molar-refractivity contribution in [2.24, 2.45) is 0 Å². The molecule has 1 fully saturated rings. The minimum atomic E-state index is 0.670. The van der Waals surface area contributed by atoms with Crippen molar-refractivity contribution in [3.63, 3.8) is 0 Å². The molecule has 1 N–H and O–H groups in total. The molecule has 0 radical (unpaired) electrons. The van der Waals surface area contributed by atoms with E-state index < -0.39 is 0 Å². The van der Waals surface area contributed by atoms with Crippen molar-refractivity contribution in [1.82, 2.24) is 5.32 Å².